The lowest BCUT2D eigenvalue weighted by atomic mass is 9.98. The van der Waals surface area contributed by atoms with Gasteiger partial charge in [0.05, 0.1) is 17.0 Å². The molecule has 7 heteroatoms. The molecule has 0 spiro atoms. The van der Waals surface area contributed by atoms with Gasteiger partial charge in [-0.3, -0.25) is 9.59 Å². The molecule has 2 aliphatic rings. The topological polar surface area (TPSA) is 75.4 Å². The fourth-order valence-electron chi connectivity index (χ4n) is 3.23. The van der Waals surface area contributed by atoms with E-state index in [1.807, 2.05) is 4.90 Å². The summed E-state index contributed by atoms with van der Waals surface area (Å²) in [4.78, 5) is 25.9. The van der Waals surface area contributed by atoms with Crippen LogP contribution in [-0.2, 0) is 9.59 Å². The van der Waals surface area contributed by atoms with Gasteiger partial charge in [0, 0.05) is 19.6 Å². The van der Waals surface area contributed by atoms with E-state index in [0.717, 1.165) is 51.6 Å². The molecule has 0 bridgehead atoms. The monoisotopic (exact) mass is 349 g/mol. The molecule has 0 radical (unpaired) electrons. The number of nitrogens with zero attached hydrogens (tertiary/aromatic N) is 1. The number of amides is 2. The van der Waals surface area contributed by atoms with E-state index in [4.69, 9.17) is 5.73 Å². The van der Waals surface area contributed by atoms with E-state index in [-0.39, 0.29) is 29.8 Å². The van der Waals surface area contributed by atoms with Crippen LogP contribution in [0.15, 0.2) is 0 Å². The van der Waals surface area contributed by atoms with Crippen LogP contribution in [0, 0.1) is 0 Å². The van der Waals surface area contributed by atoms with E-state index in [0.29, 0.717) is 18.1 Å². The van der Waals surface area contributed by atoms with Gasteiger partial charge < -0.3 is 16.0 Å². The number of carbonyl (C=O) groups excluding carboxylic acids is 2. The molecule has 0 aromatic carbocycles. The van der Waals surface area contributed by atoms with E-state index in [2.05, 4.69) is 5.32 Å². The maximum Gasteiger partial charge on any atom is 0.232 e. The minimum Gasteiger partial charge on any atom is -0.349 e. The minimum atomic E-state index is -0.186. The molecule has 2 amide bonds. The van der Waals surface area contributed by atoms with E-state index < -0.39 is 0 Å². The van der Waals surface area contributed by atoms with Crippen molar-refractivity contribution in [1.82, 2.24) is 10.2 Å². The zero-order chi connectivity index (χ0) is 15.1. The van der Waals surface area contributed by atoms with Gasteiger partial charge in [-0.05, 0) is 32.1 Å². The van der Waals surface area contributed by atoms with Gasteiger partial charge >= 0.3 is 0 Å². The molecule has 128 valence electrons. The highest BCUT2D eigenvalue weighted by Gasteiger charge is 2.33. The van der Waals surface area contributed by atoms with Crippen molar-refractivity contribution >= 4 is 36.0 Å². The molecule has 1 heterocycles. The van der Waals surface area contributed by atoms with E-state index in [1.165, 1.54) is 18.2 Å². The van der Waals surface area contributed by atoms with Crippen LogP contribution in [0.25, 0.3) is 0 Å². The molecule has 3 N–H and O–H groups in total. The molecule has 0 aromatic rings. The number of hydrogen-bond acceptors (Lipinski definition) is 4. The van der Waals surface area contributed by atoms with Crippen LogP contribution in [0.4, 0.5) is 0 Å². The molecule has 1 aliphatic heterocycles. The van der Waals surface area contributed by atoms with Gasteiger partial charge in [0.15, 0.2) is 0 Å². The molecule has 0 aromatic heterocycles. The number of nitrogens with two attached hydrogens (primary N) is 1. The standard InChI is InChI=1S/C15H27N3O2S.ClH/c16-12-15(6-2-3-7-15)17-13(19)10-21-11-14(20)18-8-4-1-5-9-18;/h1-12,16H2,(H,17,19);1H. The molecule has 5 nitrogen and oxygen atoms in total. The molecule has 1 saturated carbocycles. The Balaban J connectivity index is 0.00000242. The van der Waals surface area contributed by atoms with Gasteiger partial charge in [0.25, 0.3) is 0 Å². The van der Waals surface area contributed by atoms with Gasteiger partial charge in [-0.15, -0.1) is 24.2 Å². The van der Waals surface area contributed by atoms with Gasteiger partial charge in [-0.2, -0.15) is 0 Å². The summed E-state index contributed by atoms with van der Waals surface area (Å²) >= 11 is 1.41. The average molecular weight is 350 g/mol. The summed E-state index contributed by atoms with van der Waals surface area (Å²) in [7, 11) is 0. The second kappa shape index (κ2) is 9.63. The van der Waals surface area contributed by atoms with Gasteiger partial charge in [0.2, 0.25) is 11.8 Å². The second-order valence-electron chi connectivity index (χ2n) is 6.17. The first kappa shape index (κ1) is 19.6. The lowest BCUT2D eigenvalue weighted by molar-refractivity contribution is -0.129. The van der Waals surface area contributed by atoms with Crippen LogP contribution in [0.3, 0.4) is 0 Å². The molecule has 0 atom stereocenters. The Bertz CT molecular complexity index is 370. The number of thioether (sulfide) groups is 1. The van der Waals surface area contributed by atoms with Gasteiger partial charge in [-0.25, -0.2) is 0 Å². The number of halogens is 1. The summed E-state index contributed by atoms with van der Waals surface area (Å²) in [6.45, 7) is 2.26. The molecule has 0 unspecified atom stereocenters. The van der Waals surface area contributed by atoms with Crippen molar-refractivity contribution in [1.29, 1.82) is 0 Å². The molecule has 2 rings (SSSR count). The molecule has 2 fully saturated rings. The lowest BCUT2D eigenvalue weighted by Crippen LogP contribution is -2.52. The highest BCUT2D eigenvalue weighted by atomic mass is 35.5. The Hall–Kier alpha value is -0.460. The van der Waals surface area contributed by atoms with Crippen molar-refractivity contribution in [3.63, 3.8) is 0 Å². The van der Waals surface area contributed by atoms with E-state index in [1.54, 1.807) is 0 Å². The zero-order valence-corrected chi connectivity index (χ0v) is 14.8. The molecule has 22 heavy (non-hydrogen) atoms. The van der Waals surface area contributed by atoms with Crippen molar-refractivity contribution in [2.45, 2.75) is 50.5 Å². The maximum atomic E-state index is 12.0. The van der Waals surface area contributed by atoms with Crippen LogP contribution in [-0.4, -0.2) is 53.4 Å². The Morgan fingerprint density at radius 1 is 1.05 bits per heavy atom. The summed E-state index contributed by atoms with van der Waals surface area (Å²) in [5.74, 6) is 0.936. The van der Waals surface area contributed by atoms with Gasteiger partial charge in [-0.1, -0.05) is 12.8 Å². The fraction of sp³-hybridized carbons (Fsp3) is 0.867. The first-order chi connectivity index (χ1) is 10.2. The number of nitrogens with one attached hydrogen (secondary N) is 1. The molecular formula is C15H28ClN3O2S. The number of piperidine rings is 1. The van der Waals surface area contributed by atoms with Crippen molar-refractivity contribution in [2.75, 3.05) is 31.1 Å². The predicted molar refractivity (Wildman–Crippen MR) is 93.4 cm³/mol. The second-order valence-corrected chi connectivity index (χ2v) is 7.16. The maximum absolute atomic E-state index is 12.0. The molecular weight excluding hydrogens is 322 g/mol. The average Bonchev–Trinajstić information content (AvgIpc) is 2.97. The van der Waals surface area contributed by atoms with Crippen molar-refractivity contribution in [3.05, 3.63) is 0 Å². The first-order valence-corrected chi connectivity index (χ1v) is 9.17. The van der Waals surface area contributed by atoms with E-state index in [9.17, 15) is 9.59 Å². The Morgan fingerprint density at radius 2 is 1.68 bits per heavy atom. The summed E-state index contributed by atoms with van der Waals surface area (Å²) in [6, 6.07) is 0. The number of carbonyl (C=O) groups is 2. The Labute approximate surface area is 143 Å². The largest absolute Gasteiger partial charge is 0.349 e. The van der Waals surface area contributed by atoms with Crippen molar-refractivity contribution < 1.29 is 9.59 Å². The summed E-state index contributed by atoms with van der Waals surface area (Å²) in [6.07, 6.45) is 7.67. The van der Waals surface area contributed by atoms with Crippen molar-refractivity contribution in [3.8, 4) is 0 Å². The number of likely N-dealkylation sites (tertiary alicyclic amines) is 1. The SMILES string of the molecule is Cl.NCC1(NC(=O)CSCC(=O)N2CCCCC2)CCCC1. The van der Waals surface area contributed by atoms with Crippen LogP contribution in [0.2, 0.25) is 0 Å². The first-order valence-electron chi connectivity index (χ1n) is 8.02. The number of rotatable bonds is 6. The van der Waals surface area contributed by atoms with Crippen LogP contribution < -0.4 is 11.1 Å². The minimum absolute atomic E-state index is 0. The van der Waals surface area contributed by atoms with Gasteiger partial charge in [0.1, 0.15) is 0 Å². The molecule has 1 aliphatic carbocycles. The third kappa shape index (κ3) is 5.63. The summed E-state index contributed by atoms with van der Waals surface area (Å²) in [5.41, 5.74) is 5.62. The molecule has 1 saturated heterocycles. The van der Waals surface area contributed by atoms with Crippen LogP contribution in [0.5, 0.6) is 0 Å². The Kier molecular flexibility index (Phi) is 8.57. The predicted octanol–water partition coefficient (Wildman–Crippen LogP) is 1.54. The van der Waals surface area contributed by atoms with Crippen LogP contribution in [0.1, 0.15) is 44.9 Å². The van der Waals surface area contributed by atoms with E-state index >= 15 is 0 Å². The van der Waals surface area contributed by atoms with Crippen molar-refractivity contribution in [2.24, 2.45) is 5.73 Å². The quantitative estimate of drug-likeness (QED) is 0.762. The summed E-state index contributed by atoms with van der Waals surface area (Å²) in [5, 5.41) is 3.09. The highest BCUT2D eigenvalue weighted by Crippen LogP contribution is 2.28. The third-order valence-electron chi connectivity index (χ3n) is 4.52. The summed E-state index contributed by atoms with van der Waals surface area (Å²) < 4.78 is 0. The lowest BCUT2D eigenvalue weighted by Gasteiger charge is -2.29. The third-order valence-corrected chi connectivity index (χ3v) is 5.44. The Morgan fingerprint density at radius 3 is 2.27 bits per heavy atom. The van der Waals surface area contributed by atoms with Crippen LogP contribution >= 0.6 is 24.2 Å². The number of hydrogen-bond donors (Lipinski definition) is 2. The highest BCUT2D eigenvalue weighted by molar-refractivity contribution is 8.00. The zero-order valence-electron chi connectivity index (χ0n) is 13.1. The normalized spacial score (nSPS) is 20.3. The smallest absolute Gasteiger partial charge is 0.232 e. The fourth-order valence-corrected chi connectivity index (χ4v) is 3.95.